The molecule has 0 radical (unpaired) electrons. The highest BCUT2D eigenvalue weighted by molar-refractivity contribution is 7.10. The van der Waals surface area contributed by atoms with Gasteiger partial charge in [0.05, 0.1) is 19.6 Å². The lowest BCUT2D eigenvalue weighted by Crippen LogP contribution is -2.27. The number of unbranched alkanes of at least 4 members (excludes halogenated alkanes) is 2. The number of hydrogen-bond donors (Lipinski definition) is 1. The molecule has 0 spiro atoms. The third-order valence-electron chi connectivity index (χ3n) is 6.58. The van der Waals surface area contributed by atoms with Crippen molar-refractivity contribution in [3.05, 3.63) is 12.2 Å². The molecule has 0 saturated heterocycles. The summed E-state index contributed by atoms with van der Waals surface area (Å²) in [6.45, 7) is 2.21. The fraction of sp³-hybridized carbons (Fsp3) is 0.905. The van der Waals surface area contributed by atoms with Crippen LogP contribution in [0.2, 0.25) is 0 Å². The second-order valence-corrected chi connectivity index (χ2v) is 8.79. The molecule has 2 rings (SSSR count). The molecule has 152 valence electrons. The van der Waals surface area contributed by atoms with E-state index in [1.54, 1.807) is 0 Å². The highest BCUT2D eigenvalue weighted by Crippen LogP contribution is 2.42. The maximum absolute atomic E-state index is 10.6. The maximum Gasteiger partial charge on any atom is 0.0851 e. The summed E-state index contributed by atoms with van der Waals surface area (Å²) in [5.41, 5.74) is 0. The molecule has 0 amide bonds. The second kappa shape index (κ2) is 12.8. The van der Waals surface area contributed by atoms with Crippen molar-refractivity contribution < 1.29 is 14.2 Å². The molecule has 1 N–H and O–H groups in total. The van der Waals surface area contributed by atoms with Crippen LogP contribution < -0.4 is 0 Å². The first-order valence-corrected chi connectivity index (χ1v) is 11.6. The van der Waals surface area contributed by atoms with Crippen molar-refractivity contribution in [1.29, 1.82) is 1.28 Å². The lowest BCUT2D eigenvalue weighted by molar-refractivity contribution is 0.0860. The summed E-state index contributed by atoms with van der Waals surface area (Å²) in [7, 11) is 2.24. The van der Waals surface area contributed by atoms with E-state index in [9.17, 15) is 5.11 Å². The van der Waals surface area contributed by atoms with Crippen molar-refractivity contribution in [3.8, 4) is 0 Å². The smallest absolute Gasteiger partial charge is 0.0851 e. The zero-order valence-electron chi connectivity index (χ0n) is 17.4. The first kappa shape index (κ1) is 21.2. The quantitative estimate of drug-likeness (QED) is 0.253. The van der Waals surface area contributed by atoms with Crippen LogP contribution in [-0.4, -0.2) is 24.7 Å². The minimum Gasteiger partial charge on any atom is -0.393 e. The van der Waals surface area contributed by atoms with E-state index in [0.717, 1.165) is 25.7 Å². The number of hydrogen-bond acceptors (Lipinski definition) is 3. The van der Waals surface area contributed by atoms with Crippen molar-refractivity contribution >= 4 is 18.9 Å². The summed E-state index contributed by atoms with van der Waals surface area (Å²) in [5, 5.41) is 10.6. The second-order valence-electron chi connectivity index (χ2n) is 8.29. The van der Waals surface area contributed by atoms with Crippen LogP contribution in [0, 0.1) is 17.8 Å². The minimum absolute atomic E-state index is 0.0291. The van der Waals surface area contributed by atoms with Crippen LogP contribution in [0.15, 0.2) is 12.2 Å². The van der Waals surface area contributed by atoms with Gasteiger partial charge in [-0.25, -0.2) is 0 Å². The van der Waals surface area contributed by atoms with E-state index in [2.05, 4.69) is 28.5 Å². The van der Waals surface area contributed by atoms with Crippen LogP contribution in [0.3, 0.4) is 0 Å². The molecule has 2 unspecified atom stereocenters. The Bertz CT molecular complexity index is 418. The van der Waals surface area contributed by atoms with Gasteiger partial charge in [-0.15, -0.1) is 0 Å². The molecule has 0 aromatic carbocycles. The Morgan fingerprint density at radius 3 is 2.73 bits per heavy atom. The number of allylic oxidation sites excluding steroid dienone is 2. The lowest BCUT2D eigenvalue weighted by atomic mass is 9.80. The Balaban J connectivity index is 1.93. The Kier molecular flexibility index (Phi) is 10.5. The Labute approximate surface area is 166 Å². The molecule has 0 aromatic rings. The zero-order chi connectivity index (χ0) is 19.5. The van der Waals surface area contributed by atoms with Gasteiger partial charge in [0.15, 0.2) is 0 Å². The van der Waals surface area contributed by atoms with Crippen LogP contribution in [0.5, 0.6) is 0 Å². The number of aliphatic hydroxyl groups is 1. The molecule has 5 heteroatoms. The number of aliphatic hydroxyl groups excluding tert-OH is 1. The van der Waals surface area contributed by atoms with E-state index < -0.39 is 0 Å². The molecule has 7 atom stereocenters. The largest absolute Gasteiger partial charge is 0.393 e. The van der Waals surface area contributed by atoms with Gasteiger partial charge in [0.2, 0.25) is 0 Å². The standard InChI is InChI=1S/C21H40O3P2/c1-2-3-4-5-9-12-17-18(21(24-26)15-19(17)22)13-14-20(23-25)16-10-7-6-8-11-16/h5,9,16-22H,2-4,6-8,10-15,25-26H2,1H3/b9-5-/t17-,18-,19+,20-,21-/m1/s1/i26T/t17-,18-,19+,20-,21-,26?. The fourth-order valence-corrected chi connectivity index (χ4v) is 5.62. The summed E-state index contributed by atoms with van der Waals surface area (Å²) in [5.74, 6) is 1.26. The van der Waals surface area contributed by atoms with Crippen molar-refractivity contribution in [2.75, 3.05) is 0 Å². The Hall–Kier alpha value is 0.480. The van der Waals surface area contributed by atoms with E-state index >= 15 is 0 Å². The molecule has 2 saturated carbocycles. The molecule has 0 bridgehead atoms. The molecule has 3 nitrogen and oxygen atoms in total. The van der Waals surface area contributed by atoms with Gasteiger partial charge in [0.25, 0.3) is 0 Å². The maximum atomic E-state index is 10.6. The van der Waals surface area contributed by atoms with Gasteiger partial charge in [0.1, 0.15) is 0 Å². The summed E-state index contributed by atoms with van der Waals surface area (Å²) in [6, 6.07) is 0. The van der Waals surface area contributed by atoms with Crippen molar-refractivity contribution in [3.63, 3.8) is 0 Å². The first-order chi connectivity index (χ1) is 13.2. The zero-order valence-corrected chi connectivity index (χ0v) is 18.6. The van der Waals surface area contributed by atoms with E-state index in [1.165, 1.54) is 44.9 Å². The number of rotatable bonds is 12. The molecule has 0 heterocycles. The van der Waals surface area contributed by atoms with Gasteiger partial charge < -0.3 is 14.2 Å². The van der Waals surface area contributed by atoms with E-state index in [0.29, 0.717) is 24.4 Å². The third-order valence-corrected chi connectivity index (χ3v) is 7.23. The molecular formula is C21H40O3P2. The highest BCUT2D eigenvalue weighted by atomic mass is 31.0. The highest BCUT2D eigenvalue weighted by Gasteiger charge is 2.42. The molecule has 0 aromatic heterocycles. The summed E-state index contributed by atoms with van der Waals surface area (Å²) in [6.07, 6.45) is 18.4. The molecule has 0 aliphatic heterocycles. The van der Waals surface area contributed by atoms with Gasteiger partial charge in [-0.2, -0.15) is 0 Å². The van der Waals surface area contributed by atoms with Crippen LogP contribution in [-0.2, 0) is 9.05 Å². The predicted molar refractivity (Wildman–Crippen MR) is 116 cm³/mol. The topological polar surface area (TPSA) is 38.7 Å². The van der Waals surface area contributed by atoms with E-state index in [1.807, 2.05) is 0 Å². The third kappa shape index (κ3) is 6.82. The predicted octanol–water partition coefficient (Wildman–Crippen LogP) is 5.83. The minimum atomic E-state index is -0.308. The SMILES string of the molecule is [3H]PO[C@@H]1C[C@H](O)[C@H](C/C=C\CCCC)[C@H]1CC[C@@H](OP)C1CCCCC1. The average Bonchev–Trinajstić information content (AvgIpc) is 2.98. The molecule has 2 fully saturated rings. The van der Waals surface area contributed by atoms with Crippen LogP contribution in [0.1, 0.15) is 84.0 Å². The normalized spacial score (nSPS) is 32.7. The summed E-state index contributed by atoms with van der Waals surface area (Å²) in [4.78, 5) is 0. The van der Waals surface area contributed by atoms with Gasteiger partial charge in [0, 0.05) is 25.3 Å². The average molecular weight is 405 g/mol. The van der Waals surface area contributed by atoms with Gasteiger partial charge in [-0.1, -0.05) is 51.2 Å². The van der Waals surface area contributed by atoms with E-state index in [4.69, 9.17) is 10.3 Å². The monoisotopic (exact) mass is 404 g/mol. The van der Waals surface area contributed by atoms with Gasteiger partial charge in [-0.05, 0) is 56.3 Å². The van der Waals surface area contributed by atoms with Crippen molar-refractivity contribution in [2.24, 2.45) is 17.8 Å². The van der Waals surface area contributed by atoms with E-state index in [-0.39, 0.29) is 27.5 Å². The van der Waals surface area contributed by atoms with Crippen LogP contribution >= 0.6 is 18.9 Å². The van der Waals surface area contributed by atoms with Crippen LogP contribution in [0.25, 0.3) is 0 Å². The van der Waals surface area contributed by atoms with Crippen LogP contribution in [0.4, 0.5) is 0 Å². The molecule has 2 aliphatic carbocycles. The summed E-state index contributed by atoms with van der Waals surface area (Å²) < 4.78 is 19.0. The first-order valence-electron chi connectivity index (χ1n) is 11.2. The van der Waals surface area contributed by atoms with Gasteiger partial charge >= 0.3 is 0 Å². The molecular weight excluding hydrogens is 362 g/mol. The Morgan fingerprint density at radius 2 is 2.04 bits per heavy atom. The van der Waals surface area contributed by atoms with Crippen molar-refractivity contribution in [2.45, 2.75) is 102 Å². The molecule has 2 aliphatic rings. The lowest BCUT2D eigenvalue weighted by Gasteiger charge is -2.31. The Morgan fingerprint density at radius 1 is 1.23 bits per heavy atom. The van der Waals surface area contributed by atoms with Gasteiger partial charge in [-0.3, -0.25) is 0 Å². The molecule has 26 heavy (non-hydrogen) atoms. The summed E-state index contributed by atoms with van der Waals surface area (Å²) >= 11 is 0. The van der Waals surface area contributed by atoms with Crippen molar-refractivity contribution in [1.82, 2.24) is 0 Å². The fourth-order valence-electron chi connectivity index (χ4n) is 4.99.